The molecule has 0 saturated carbocycles. The summed E-state index contributed by atoms with van der Waals surface area (Å²) in [5.41, 5.74) is -1.20. The number of hydrogen-bond donors (Lipinski definition) is 1. The molecule has 0 aliphatic heterocycles. The Morgan fingerprint density at radius 3 is 2.24 bits per heavy atom. The Balaban J connectivity index is 3.23. The maximum Gasteiger partial charge on any atom is 0.335 e. The van der Waals surface area contributed by atoms with Crippen LogP contribution in [0.1, 0.15) is 12.5 Å². The first-order valence-corrected chi connectivity index (χ1v) is 5.78. The number of ether oxygens (including phenoxy) is 1. The molecule has 21 heavy (non-hydrogen) atoms. The fraction of sp³-hybridized carbons (Fsp3) is 0.133. The maximum absolute atomic E-state index is 13.8. The van der Waals surface area contributed by atoms with Crippen molar-refractivity contribution in [2.45, 2.75) is 6.92 Å². The predicted octanol–water partition coefficient (Wildman–Crippen LogP) is 3.87. The lowest BCUT2D eigenvalue weighted by Gasteiger charge is -2.08. The molecule has 0 heterocycles. The van der Waals surface area contributed by atoms with Gasteiger partial charge >= 0.3 is 5.97 Å². The van der Waals surface area contributed by atoms with Crippen LogP contribution < -0.4 is 4.74 Å². The van der Waals surface area contributed by atoms with Gasteiger partial charge in [0.05, 0.1) is 18.2 Å². The third-order valence-electron chi connectivity index (χ3n) is 2.69. The van der Waals surface area contributed by atoms with E-state index in [2.05, 4.69) is 6.58 Å². The molecule has 0 bridgehead atoms. The molecule has 0 aromatic heterocycles. The van der Waals surface area contributed by atoms with Crippen LogP contribution in [0.15, 0.2) is 42.3 Å². The van der Waals surface area contributed by atoms with Crippen molar-refractivity contribution < 1.29 is 27.8 Å². The van der Waals surface area contributed by atoms with Crippen LogP contribution in [0.25, 0.3) is 5.57 Å². The van der Waals surface area contributed by atoms with Gasteiger partial charge in [-0.3, -0.25) is 0 Å². The number of allylic oxidation sites excluding steroid dienone is 3. The molecule has 1 N–H and O–H groups in total. The molecule has 1 aromatic rings. The van der Waals surface area contributed by atoms with Gasteiger partial charge in [-0.05, 0) is 24.6 Å². The topological polar surface area (TPSA) is 46.5 Å². The molecule has 0 amide bonds. The first-order valence-electron chi connectivity index (χ1n) is 5.78. The second kappa shape index (κ2) is 6.78. The maximum atomic E-state index is 13.8. The fourth-order valence-electron chi connectivity index (χ4n) is 1.52. The Hall–Kier alpha value is -2.50. The van der Waals surface area contributed by atoms with Crippen molar-refractivity contribution in [3.8, 4) is 5.75 Å². The lowest BCUT2D eigenvalue weighted by atomic mass is 10.0. The van der Waals surface area contributed by atoms with Crippen molar-refractivity contribution in [2.75, 3.05) is 7.11 Å². The number of aliphatic carboxylic acids is 1. The number of hydrogen-bond acceptors (Lipinski definition) is 2. The molecule has 0 spiro atoms. The van der Waals surface area contributed by atoms with E-state index in [-0.39, 0.29) is 16.9 Å². The minimum atomic E-state index is -1.32. The van der Waals surface area contributed by atoms with E-state index < -0.39 is 29.0 Å². The second-order valence-electron chi connectivity index (χ2n) is 4.10. The Labute approximate surface area is 119 Å². The molecule has 0 aliphatic carbocycles. The third-order valence-corrected chi connectivity index (χ3v) is 2.69. The number of benzene rings is 1. The molecule has 3 nitrogen and oxygen atoms in total. The van der Waals surface area contributed by atoms with Gasteiger partial charge in [-0.15, -0.1) is 0 Å². The lowest BCUT2D eigenvalue weighted by molar-refractivity contribution is -0.132. The average Bonchev–Trinajstić information content (AvgIpc) is 2.42. The lowest BCUT2D eigenvalue weighted by Crippen LogP contribution is -1.97. The molecule has 112 valence electrons. The van der Waals surface area contributed by atoms with E-state index in [0.29, 0.717) is 0 Å². The number of methoxy groups -OCH3 is 1. The third kappa shape index (κ3) is 3.98. The Kier molecular flexibility index (Phi) is 5.35. The molecule has 0 atom stereocenters. The first-order chi connectivity index (χ1) is 9.77. The van der Waals surface area contributed by atoms with Gasteiger partial charge in [0.1, 0.15) is 23.2 Å². The van der Waals surface area contributed by atoms with Crippen LogP contribution in [0, 0.1) is 11.6 Å². The Morgan fingerprint density at radius 2 is 1.81 bits per heavy atom. The highest BCUT2D eigenvalue weighted by atomic mass is 19.1. The van der Waals surface area contributed by atoms with Crippen LogP contribution in [-0.4, -0.2) is 18.2 Å². The summed E-state index contributed by atoms with van der Waals surface area (Å²) >= 11 is 0. The van der Waals surface area contributed by atoms with E-state index in [0.717, 1.165) is 24.3 Å². The van der Waals surface area contributed by atoms with Crippen molar-refractivity contribution in [2.24, 2.45) is 0 Å². The summed E-state index contributed by atoms with van der Waals surface area (Å²) in [6, 6.07) is 1.85. The van der Waals surface area contributed by atoms with E-state index in [1.54, 1.807) is 0 Å². The van der Waals surface area contributed by atoms with E-state index in [1.807, 2.05) is 0 Å². The monoisotopic (exact) mass is 298 g/mol. The molecule has 0 aliphatic rings. The zero-order chi connectivity index (χ0) is 16.2. The average molecular weight is 298 g/mol. The number of carboxylic acid groups (broad SMARTS) is 1. The second-order valence-corrected chi connectivity index (χ2v) is 4.10. The van der Waals surface area contributed by atoms with Gasteiger partial charge in [0, 0.05) is 12.1 Å². The first kappa shape index (κ1) is 16.6. The van der Waals surface area contributed by atoms with Gasteiger partial charge in [-0.1, -0.05) is 6.58 Å². The molecule has 0 unspecified atom stereocenters. The molecule has 0 fully saturated rings. The molecular formula is C15H13F3O3. The summed E-state index contributed by atoms with van der Waals surface area (Å²) in [6.07, 6.45) is 1.69. The smallest absolute Gasteiger partial charge is 0.335 e. The zero-order valence-electron chi connectivity index (χ0n) is 11.4. The van der Waals surface area contributed by atoms with Gasteiger partial charge < -0.3 is 9.84 Å². The normalized spacial score (nSPS) is 12.2. The van der Waals surface area contributed by atoms with Gasteiger partial charge in [-0.25, -0.2) is 18.0 Å². The summed E-state index contributed by atoms with van der Waals surface area (Å²) in [7, 11) is 1.25. The molecular weight excluding hydrogens is 285 g/mol. The van der Waals surface area contributed by atoms with E-state index in [4.69, 9.17) is 9.84 Å². The summed E-state index contributed by atoms with van der Waals surface area (Å²) < 4.78 is 46.1. The van der Waals surface area contributed by atoms with Crippen LogP contribution in [0.5, 0.6) is 5.75 Å². The van der Waals surface area contributed by atoms with E-state index in [1.165, 1.54) is 14.0 Å². The number of carbonyl (C=O) groups is 1. The highest BCUT2D eigenvalue weighted by molar-refractivity contribution is 5.89. The van der Waals surface area contributed by atoms with Gasteiger partial charge in [-0.2, -0.15) is 0 Å². The number of rotatable bonds is 5. The van der Waals surface area contributed by atoms with Crippen LogP contribution in [0.2, 0.25) is 0 Å². The molecule has 1 rings (SSSR count). The minimum absolute atomic E-state index is 0.0308. The van der Waals surface area contributed by atoms with Gasteiger partial charge in [0.25, 0.3) is 0 Å². The largest absolute Gasteiger partial charge is 0.497 e. The van der Waals surface area contributed by atoms with Crippen molar-refractivity contribution in [3.05, 3.63) is 59.5 Å². The molecule has 0 saturated heterocycles. The predicted molar refractivity (Wildman–Crippen MR) is 72.5 cm³/mol. The Morgan fingerprint density at radius 1 is 1.29 bits per heavy atom. The van der Waals surface area contributed by atoms with Crippen molar-refractivity contribution >= 4 is 11.5 Å². The SMILES string of the molecule is C=C(/C=C\C(F)=C(/C)c1c(F)cc(OC)cc1F)C(=O)O. The fourth-order valence-corrected chi connectivity index (χ4v) is 1.52. The number of carboxylic acids is 1. The summed E-state index contributed by atoms with van der Waals surface area (Å²) in [6.45, 7) is 4.35. The summed E-state index contributed by atoms with van der Waals surface area (Å²) in [5.74, 6) is -4.29. The molecule has 6 heteroatoms. The minimum Gasteiger partial charge on any atom is -0.497 e. The summed E-state index contributed by atoms with van der Waals surface area (Å²) in [5, 5.41) is 8.57. The van der Waals surface area contributed by atoms with Crippen LogP contribution in [-0.2, 0) is 4.79 Å². The van der Waals surface area contributed by atoms with E-state index >= 15 is 0 Å². The standard InChI is InChI=1S/C15H13F3O3/c1-8(15(19)20)4-5-11(16)9(2)14-12(17)6-10(21-3)7-13(14)18/h4-7H,1H2,2-3H3,(H,19,20)/b5-4-,11-9-. The highest BCUT2D eigenvalue weighted by Gasteiger charge is 2.16. The molecule has 1 aromatic carbocycles. The summed E-state index contributed by atoms with van der Waals surface area (Å²) in [4.78, 5) is 10.5. The number of halogens is 3. The Bertz CT molecular complexity index is 623. The van der Waals surface area contributed by atoms with Crippen molar-refractivity contribution in [1.29, 1.82) is 0 Å². The van der Waals surface area contributed by atoms with Crippen LogP contribution >= 0.6 is 0 Å². The van der Waals surface area contributed by atoms with Crippen LogP contribution in [0.3, 0.4) is 0 Å². The highest BCUT2D eigenvalue weighted by Crippen LogP contribution is 2.29. The van der Waals surface area contributed by atoms with Crippen molar-refractivity contribution in [1.82, 2.24) is 0 Å². The van der Waals surface area contributed by atoms with Gasteiger partial charge in [0.2, 0.25) is 0 Å². The molecule has 0 radical (unpaired) electrons. The zero-order valence-corrected chi connectivity index (χ0v) is 11.4. The van der Waals surface area contributed by atoms with E-state index in [9.17, 15) is 18.0 Å². The van der Waals surface area contributed by atoms with Crippen LogP contribution in [0.4, 0.5) is 13.2 Å². The van der Waals surface area contributed by atoms with Gasteiger partial charge in [0.15, 0.2) is 0 Å². The van der Waals surface area contributed by atoms with Crippen molar-refractivity contribution in [3.63, 3.8) is 0 Å². The quantitative estimate of drug-likeness (QED) is 0.663.